The van der Waals surface area contributed by atoms with E-state index in [4.69, 9.17) is 21.8 Å². The molecule has 98 valence electrons. The van der Waals surface area contributed by atoms with E-state index in [0.717, 1.165) is 23.2 Å². The van der Waals surface area contributed by atoms with E-state index in [9.17, 15) is 0 Å². The third-order valence-corrected chi connectivity index (χ3v) is 3.22. The van der Waals surface area contributed by atoms with Gasteiger partial charge in [-0.25, -0.2) is 9.97 Å². The summed E-state index contributed by atoms with van der Waals surface area (Å²) in [7, 11) is 0. The summed E-state index contributed by atoms with van der Waals surface area (Å²) in [5, 5.41) is 0.648. The first-order valence-corrected chi connectivity index (χ1v) is 6.40. The minimum Gasteiger partial charge on any atom is -0.444 e. The van der Waals surface area contributed by atoms with E-state index in [1.54, 1.807) is 12.3 Å². The van der Waals surface area contributed by atoms with Crippen molar-refractivity contribution < 1.29 is 4.42 Å². The van der Waals surface area contributed by atoms with Gasteiger partial charge < -0.3 is 14.7 Å². The Kier molecular flexibility index (Phi) is 2.91. The van der Waals surface area contributed by atoms with Crippen LogP contribution in [0.1, 0.15) is 18.6 Å². The van der Waals surface area contributed by atoms with Gasteiger partial charge in [-0.1, -0.05) is 18.5 Å². The molecule has 2 N–H and O–H groups in total. The normalized spacial score (nSPS) is 11.3. The van der Waals surface area contributed by atoms with Gasteiger partial charge in [0.15, 0.2) is 0 Å². The number of nitrogens with two attached hydrogens (primary N) is 1. The van der Waals surface area contributed by atoms with E-state index in [1.165, 1.54) is 0 Å². The Morgan fingerprint density at radius 1 is 1.42 bits per heavy atom. The van der Waals surface area contributed by atoms with E-state index in [-0.39, 0.29) is 0 Å². The van der Waals surface area contributed by atoms with Crippen molar-refractivity contribution in [1.29, 1.82) is 0 Å². The van der Waals surface area contributed by atoms with Crippen LogP contribution in [0.15, 0.2) is 28.8 Å². The Hall–Kier alpha value is -2.01. The number of fused-ring (bicyclic) bond motifs is 1. The highest BCUT2D eigenvalue weighted by molar-refractivity contribution is 6.31. The van der Waals surface area contributed by atoms with Crippen LogP contribution in [0.25, 0.3) is 11.0 Å². The second kappa shape index (κ2) is 4.59. The van der Waals surface area contributed by atoms with Crippen molar-refractivity contribution in [2.45, 2.75) is 19.9 Å². The lowest BCUT2D eigenvalue weighted by Gasteiger charge is -2.03. The van der Waals surface area contributed by atoms with E-state index in [0.29, 0.717) is 23.4 Å². The molecule has 1 aromatic carbocycles. The molecular weight excluding hydrogens is 264 g/mol. The largest absolute Gasteiger partial charge is 0.444 e. The first kappa shape index (κ1) is 12.0. The Balaban J connectivity index is 2.04. The smallest absolute Gasteiger partial charge is 0.214 e. The zero-order chi connectivity index (χ0) is 13.4. The number of hydrogen-bond donors (Lipinski definition) is 1. The predicted octanol–water partition coefficient (Wildman–Crippen LogP) is 2.87. The maximum Gasteiger partial charge on any atom is 0.214 e. The van der Waals surface area contributed by atoms with Crippen molar-refractivity contribution in [1.82, 2.24) is 14.5 Å². The molecule has 5 nitrogen and oxygen atoms in total. The number of aryl methyl sites for hydroxylation is 1. The second-order valence-corrected chi connectivity index (χ2v) is 4.70. The molecule has 2 heterocycles. The average molecular weight is 277 g/mol. The van der Waals surface area contributed by atoms with Gasteiger partial charge in [0.05, 0.1) is 17.2 Å². The lowest BCUT2D eigenvalue weighted by molar-refractivity contribution is 0.449. The van der Waals surface area contributed by atoms with Gasteiger partial charge in [-0.2, -0.15) is 0 Å². The van der Waals surface area contributed by atoms with Crippen LogP contribution in [-0.4, -0.2) is 14.5 Å². The number of imidazole rings is 1. The van der Waals surface area contributed by atoms with E-state index < -0.39 is 0 Å². The molecule has 3 aromatic rings. The number of nitrogen functional groups attached to an aromatic ring is 1. The summed E-state index contributed by atoms with van der Waals surface area (Å²) in [6.45, 7) is 2.47. The first-order valence-electron chi connectivity index (χ1n) is 6.02. The Bertz CT molecular complexity index is 731. The lowest BCUT2D eigenvalue weighted by Crippen LogP contribution is -2.04. The zero-order valence-corrected chi connectivity index (χ0v) is 11.2. The fourth-order valence-electron chi connectivity index (χ4n) is 2.00. The summed E-state index contributed by atoms with van der Waals surface area (Å²) in [6.07, 6.45) is 2.55. The summed E-state index contributed by atoms with van der Waals surface area (Å²) in [5.41, 5.74) is 7.62. The molecular formula is C13H13ClN4O. The molecule has 0 atom stereocenters. The predicted molar refractivity (Wildman–Crippen MR) is 74.1 cm³/mol. The minimum absolute atomic E-state index is 0.425. The molecule has 0 spiro atoms. The number of rotatable bonds is 3. The maximum atomic E-state index is 6.01. The van der Waals surface area contributed by atoms with Gasteiger partial charge in [-0.05, 0) is 18.2 Å². The highest BCUT2D eigenvalue weighted by Gasteiger charge is 2.11. The summed E-state index contributed by atoms with van der Waals surface area (Å²) in [4.78, 5) is 8.52. The van der Waals surface area contributed by atoms with Crippen molar-refractivity contribution in [3.63, 3.8) is 0 Å². The minimum atomic E-state index is 0.425. The van der Waals surface area contributed by atoms with Crippen LogP contribution in [0.2, 0.25) is 5.02 Å². The molecule has 2 aromatic heterocycles. The lowest BCUT2D eigenvalue weighted by atomic mass is 10.3. The van der Waals surface area contributed by atoms with Crippen LogP contribution in [0.5, 0.6) is 0 Å². The molecule has 0 aliphatic carbocycles. The van der Waals surface area contributed by atoms with Crippen molar-refractivity contribution in [2.75, 3.05) is 5.73 Å². The third-order valence-electron chi connectivity index (χ3n) is 2.98. The molecule has 0 saturated heterocycles. The van der Waals surface area contributed by atoms with Gasteiger partial charge >= 0.3 is 0 Å². The van der Waals surface area contributed by atoms with E-state index in [2.05, 4.69) is 9.97 Å². The maximum absolute atomic E-state index is 6.01. The molecule has 0 aliphatic rings. The quantitative estimate of drug-likeness (QED) is 0.798. The second-order valence-electron chi connectivity index (χ2n) is 4.26. The summed E-state index contributed by atoms with van der Waals surface area (Å²) < 4.78 is 7.43. The number of anilines is 1. The molecule has 0 aliphatic heterocycles. The summed E-state index contributed by atoms with van der Waals surface area (Å²) >= 11 is 6.01. The van der Waals surface area contributed by atoms with Crippen LogP contribution in [0.4, 0.5) is 5.95 Å². The molecule has 0 bridgehead atoms. The van der Waals surface area contributed by atoms with Gasteiger partial charge in [-0.3, -0.25) is 0 Å². The highest BCUT2D eigenvalue weighted by atomic mass is 35.5. The zero-order valence-electron chi connectivity index (χ0n) is 10.4. The fraction of sp³-hybridized carbons (Fsp3) is 0.231. The Morgan fingerprint density at radius 3 is 3.00 bits per heavy atom. The Labute approximate surface area is 115 Å². The third kappa shape index (κ3) is 2.17. The van der Waals surface area contributed by atoms with E-state index in [1.807, 2.05) is 23.6 Å². The molecule has 0 unspecified atom stereocenters. The van der Waals surface area contributed by atoms with Crippen molar-refractivity contribution in [3.8, 4) is 0 Å². The topological polar surface area (TPSA) is 69.9 Å². The van der Waals surface area contributed by atoms with Gasteiger partial charge in [0.2, 0.25) is 11.8 Å². The number of hydrogen-bond acceptors (Lipinski definition) is 4. The van der Waals surface area contributed by atoms with E-state index >= 15 is 0 Å². The molecule has 6 heteroatoms. The Morgan fingerprint density at radius 2 is 2.26 bits per heavy atom. The van der Waals surface area contributed by atoms with Crippen molar-refractivity contribution >= 4 is 28.6 Å². The fourth-order valence-corrected chi connectivity index (χ4v) is 2.17. The van der Waals surface area contributed by atoms with Crippen molar-refractivity contribution in [2.24, 2.45) is 0 Å². The van der Waals surface area contributed by atoms with Gasteiger partial charge in [0, 0.05) is 11.4 Å². The number of halogens is 1. The monoisotopic (exact) mass is 276 g/mol. The molecule has 0 fully saturated rings. The van der Waals surface area contributed by atoms with Crippen LogP contribution < -0.4 is 5.73 Å². The molecule has 0 amide bonds. The summed E-state index contributed by atoms with van der Waals surface area (Å²) in [6, 6.07) is 5.47. The standard InChI is InChI=1S/C13H13ClN4O/c1-2-9-6-16-12(19-9)7-18-11-5-8(14)3-4-10(11)17-13(18)15/h3-6H,2,7H2,1H3,(H2,15,17). The van der Waals surface area contributed by atoms with Crippen LogP contribution in [-0.2, 0) is 13.0 Å². The number of benzene rings is 1. The number of aromatic nitrogens is 3. The number of nitrogens with zero attached hydrogens (tertiary/aromatic N) is 3. The summed E-state index contributed by atoms with van der Waals surface area (Å²) in [5.74, 6) is 1.90. The molecule has 0 radical (unpaired) electrons. The van der Waals surface area contributed by atoms with Crippen LogP contribution >= 0.6 is 11.6 Å². The van der Waals surface area contributed by atoms with Crippen LogP contribution in [0.3, 0.4) is 0 Å². The highest BCUT2D eigenvalue weighted by Crippen LogP contribution is 2.22. The molecule has 3 rings (SSSR count). The van der Waals surface area contributed by atoms with Gasteiger partial charge in [0.25, 0.3) is 0 Å². The molecule has 0 saturated carbocycles. The van der Waals surface area contributed by atoms with Gasteiger partial charge in [-0.15, -0.1) is 0 Å². The average Bonchev–Trinajstić information content (AvgIpc) is 2.96. The van der Waals surface area contributed by atoms with Crippen molar-refractivity contribution in [3.05, 3.63) is 41.1 Å². The van der Waals surface area contributed by atoms with Crippen LogP contribution in [0, 0.1) is 0 Å². The number of oxazole rings is 1. The first-order chi connectivity index (χ1) is 9.17. The molecule has 19 heavy (non-hydrogen) atoms. The van der Waals surface area contributed by atoms with Gasteiger partial charge in [0.1, 0.15) is 12.3 Å². The SMILES string of the molecule is CCc1cnc(Cn2c(N)nc3ccc(Cl)cc32)o1.